The Morgan fingerprint density at radius 1 is 1.25 bits per heavy atom. The number of amidine groups is 1. The fourth-order valence-electron chi connectivity index (χ4n) is 1.53. The molecule has 0 atom stereocenters. The molecule has 0 aromatic carbocycles. The van der Waals surface area contributed by atoms with E-state index in [1.165, 1.54) is 0 Å². The Bertz CT molecular complexity index is 495. The first-order valence-electron chi connectivity index (χ1n) is 6.35. The van der Waals surface area contributed by atoms with Crippen molar-refractivity contribution in [2.24, 2.45) is 10.9 Å². The van der Waals surface area contributed by atoms with Crippen LogP contribution in [0, 0.1) is 13.8 Å². The van der Waals surface area contributed by atoms with Gasteiger partial charge in [0.15, 0.2) is 5.84 Å². The van der Waals surface area contributed by atoms with Crippen molar-refractivity contribution in [2.75, 3.05) is 13.2 Å². The molecule has 1 aromatic heterocycles. The Morgan fingerprint density at radius 3 is 2.45 bits per heavy atom. The lowest BCUT2D eigenvalue weighted by Gasteiger charge is -2.19. The van der Waals surface area contributed by atoms with Crippen LogP contribution in [0.15, 0.2) is 5.16 Å². The minimum absolute atomic E-state index is 0.0489. The van der Waals surface area contributed by atoms with Gasteiger partial charge in [0.25, 0.3) is 0 Å². The van der Waals surface area contributed by atoms with Gasteiger partial charge in [-0.3, -0.25) is 0 Å². The summed E-state index contributed by atoms with van der Waals surface area (Å²) in [5.41, 5.74) is 7.35. The molecule has 0 aliphatic heterocycles. The molecule has 0 saturated carbocycles. The van der Waals surface area contributed by atoms with Crippen molar-refractivity contribution < 1.29 is 14.7 Å². The summed E-state index contributed by atoms with van der Waals surface area (Å²) in [6.45, 7) is 10.2. The second kappa shape index (κ2) is 6.51. The topological polar surface area (TPSA) is 103 Å². The van der Waals surface area contributed by atoms with E-state index in [1.807, 2.05) is 27.7 Å². The Morgan fingerprint density at radius 2 is 1.90 bits per heavy atom. The molecule has 0 aliphatic carbocycles. The maximum atomic E-state index is 8.84. The van der Waals surface area contributed by atoms with Gasteiger partial charge in [-0.25, -0.2) is 0 Å². The Balaban J connectivity index is 2.83. The van der Waals surface area contributed by atoms with E-state index in [0.717, 1.165) is 5.56 Å². The van der Waals surface area contributed by atoms with Crippen LogP contribution >= 0.6 is 0 Å². The zero-order chi connectivity index (χ0) is 15.3. The average molecular weight is 282 g/mol. The van der Waals surface area contributed by atoms with Gasteiger partial charge in [-0.05, 0) is 40.2 Å². The smallest absolute Gasteiger partial charge is 0.245 e. The second-order valence-corrected chi connectivity index (χ2v) is 5.39. The van der Waals surface area contributed by atoms with Crippen molar-refractivity contribution in [1.82, 2.24) is 10.2 Å². The van der Waals surface area contributed by atoms with Gasteiger partial charge in [0.05, 0.1) is 23.5 Å². The van der Waals surface area contributed by atoms with E-state index in [-0.39, 0.29) is 17.3 Å². The third-order valence-electron chi connectivity index (χ3n) is 2.64. The number of rotatable bonds is 5. The number of aryl methyl sites for hydroxylation is 1. The lowest BCUT2D eigenvalue weighted by Crippen LogP contribution is -2.24. The summed E-state index contributed by atoms with van der Waals surface area (Å²) in [6.07, 6.45) is 0. The predicted octanol–water partition coefficient (Wildman–Crippen LogP) is 1.38. The molecule has 0 fully saturated rings. The molecule has 7 heteroatoms. The molecule has 1 heterocycles. The number of hydrogen-bond donors (Lipinski definition) is 2. The van der Waals surface area contributed by atoms with Crippen LogP contribution < -0.4 is 10.5 Å². The highest BCUT2D eigenvalue weighted by molar-refractivity contribution is 6.00. The third-order valence-corrected chi connectivity index (χ3v) is 2.64. The predicted molar refractivity (Wildman–Crippen MR) is 75.2 cm³/mol. The summed E-state index contributed by atoms with van der Waals surface area (Å²) in [7, 11) is 0. The van der Waals surface area contributed by atoms with Crippen molar-refractivity contribution in [3.8, 4) is 5.88 Å². The minimum atomic E-state index is -0.230. The zero-order valence-electron chi connectivity index (χ0n) is 12.6. The summed E-state index contributed by atoms with van der Waals surface area (Å²) in [5.74, 6) is 0.188. The molecule has 0 aliphatic rings. The highest BCUT2D eigenvalue weighted by atomic mass is 16.5. The lowest BCUT2D eigenvalue weighted by atomic mass is 10.1. The quantitative estimate of drug-likeness (QED) is 0.278. The van der Waals surface area contributed by atoms with E-state index in [0.29, 0.717) is 24.5 Å². The molecule has 1 aromatic rings. The van der Waals surface area contributed by atoms with E-state index in [2.05, 4.69) is 15.4 Å². The third kappa shape index (κ3) is 4.34. The minimum Gasteiger partial charge on any atom is -0.474 e. The van der Waals surface area contributed by atoms with Gasteiger partial charge in [-0.15, -0.1) is 5.10 Å². The van der Waals surface area contributed by atoms with Crippen LogP contribution in [-0.4, -0.2) is 40.1 Å². The van der Waals surface area contributed by atoms with E-state index in [4.69, 9.17) is 20.4 Å². The molecular weight excluding hydrogens is 260 g/mol. The molecule has 20 heavy (non-hydrogen) atoms. The standard InChI is InChI=1S/C13H22N4O3/c1-8-9(2)15-16-12(10(8)11(14)17-18)19-6-7-20-13(3,4)5/h18H,6-7H2,1-5H3,(H2,14,17). The van der Waals surface area contributed by atoms with Gasteiger partial charge in [-0.1, -0.05) is 5.16 Å². The number of nitrogens with zero attached hydrogens (tertiary/aromatic N) is 3. The zero-order valence-corrected chi connectivity index (χ0v) is 12.6. The van der Waals surface area contributed by atoms with Gasteiger partial charge < -0.3 is 20.4 Å². The van der Waals surface area contributed by atoms with E-state index >= 15 is 0 Å². The molecule has 0 bridgehead atoms. The van der Waals surface area contributed by atoms with Crippen molar-refractivity contribution in [2.45, 2.75) is 40.2 Å². The number of ether oxygens (including phenoxy) is 2. The second-order valence-electron chi connectivity index (χ2n) is 5.39. The average Bonchev–Trinajstić information content (AvgIpc) is 2.37. The fourth-order valence-corrected chi connectivity index (χ4v) is 1.53. The normalized spacial score (nSPS) is 12.6. The monoisotopic (exact) mass is 282 g/mol. The van der Waals surface area contributed by atoms with Crippen molar-refractivity contribution in [3.63, 3.8) is 0 Å². The highest BCUT2D eigenvalue weighted by Gasteiger charge is 2.17. The van der Waals surface area contributed by atoms with Crippen LogP contribution in [0.4, 0.5) is 0 Å². The van der Waals surface area contributed by atoms with Crippen LogP contribution in [0.2, 0.25) is 0 Å². The van der Waals surface area contributed by atoms with Crippen LogP contribution in [0.3, 0.4) is 0 Å². The van der Waals surface area contributed by atoms with Crippen molar-refractivity contribution in [3.05, 3.63) is 16.8 Å². The van der Waals surface area contributed by atoms with Gasteiger partial charge in [-0.2, -0.15) is 5.10 Å². The highest BCUT2D eigenvalue weighted by Crippen LogP contribution is 2.20. The van der Waals surface area contributed by atoms with Gasteiger partial charge in [0.2, 0.25) is 5.88 Å². The first kappa shape index (κ1) is 16.2. The number of nitrogens with two attached hydrogens (primary N) is 1. The summed E-state index contributed by atoms with van der Waals surface area (Å²) in [4.78, 5) is 0. The van der Waals surface area contributed by atoms with Crippen molar-refractivity contribution in [1.29, 1.82) is 0 Å². The largest absolute Gasteiger partial charge is 0.474 e. The van der Waals surface area contributed by atoms with E-state index in [1.54, 1.807) is 6.92 Å². The fraction of sp³-hybridized carbons (Fsp3) is 0.615. The first-order valence-corrected chi connectivity index (χ1v) is 6.35. The van der Waals surface area contributed by atoms with Gasteiger partial charge >= 0.3 is 0 Å². The van der Waals surface area contributed by atoms with Crippen LogP contribution in [-0.2, 0) is 4.74 Å². The molecule has 0 radical (unpaired) electrons. The van der Waals surface area contributed by atoms with Crippen LogP contribution in [0.25, 0.3) is 0 Å². The Kier molecular flexibility index (Phi) is 5.26. The van der Waals surface area contributed by atoms with E-state index < -0.39 is 0 Å². The molecule has 0 unspecified atom stereocenters. The molecule has 0 amide bonds. The maximum Gasteiger partial charge on any atom is 0.245 e. The van der Waals surface area contributed by atoms with Crippen molar-refractivity contribution >= 4 is 5.84 Å². The number of aromatic nitrogens is 2. The summed E-state index contributed by atoms with van der Waals surface area (Å²) in [5, 5.41) is 19.8. The molecule has 0 spiro atoms. The van der Waals surface area contributed by atoms with Crippen LogP contribution in [0.5, 0.6) is 5.88 Å². The molecule has 3 N–H and O–H groups in total. The first-order chi connectivity index (χ1) is 9.26. The molecular formula is C13H22N4O3. The number of oxime groups is 1. The molecule has 7 nitrogen and oxygen atoms in total. The van der Waals surface area contributed by atoms with Crippen LogP contribution in [0.1, 0.15) is 37.6 Å². The lowest BCUT2D eigenvalue weighted by molar-refractivity contribution is -0.0169. The van der Waals surface area contributed by atoms with E-state index in [9.17, 15) is 0 Å². The SMILES string of the molecule is Cc1nnc(OCCOC(C)(C)C)c(C(N)=NO)c1C. The summed E-state index contributed by atoms with van der Waals surface area (Å²) < 4.78 is 11.1. The van der Waals surface area contributed by atoms with Gasteiger partial charge in [0, 0.05) is 0 Å². The maximum absolute atomic E-state index is 8.84. The summed E-state index contributed by atoms with van der Waals surface area (Å²) >= 11 is 0. The molecule has 0 saturated heterocycles. The number of hydrogen-bond acceptors (Lipinski definition) is 6. The summed E-state index contributed by atoms with van der Waals surface area (Å²) in [6, 6.07) is 0. The van der Waals surface area contributed by atoms with Gasteiger partial charge in [0.1, 0.15) is 6.61 Å². The molecule has 112 valence electrons. The molecule has 1 rings (SSSR count). The Labute approximate surface area is 118 Å². The Hall–Kier alpha value is -1.89.